The first-order valence-corrected chi connectivity index (χ1v) is 12.1. The van der Waals surface area contributed by atoms with Gasteiger partial charge < -0.3 is 15.0 Å². The molecule has 2 aromatic carbocycles. The van der Waals surface area contributed by atoms with E-state index in [4.69, 9.17) is 4.74 Å². The zero-order valence-corrected chi connectivity index (χ0v) is 20.9. The third kappa shape index (κ3) is 5.87. The minimum atomic E-state index is -4.71. The molecule has 1 fully saturated rings. The van der Waals surface area contributed by atoms with Gasteiger partial charge in [-0.1, -0.05) is 30.3 Å². The molecule has 0 aliphatic carbocycles. The summed E-state index contributed by atoms with van der Waals surface area (Å²) < 4.78 is 47.6. The van der Waals surface area contributed by atoms with Gasteiger partial charge in [-0.15, -0.1) is 10.2 Å². The Hall–Kier alpha value is -4.40. The van der Waals surface area contributed by atoms with Crippen LogP contribution in [-0.2, 0) is 24.1 Å². The summed E-state index contributed by atoms with van der Waals surface area (Å²) in [4.78, 5) is 14.7. The van der Waals surface area contributed by atoms with Crippen LogP contribution in [0.1, 0.15) is 29.3 Å². The van der Waals surface area contributed by atoms with Crippen LogP contribution >= 0.6 is 0 Å². The molecule has 3 heterocycles. The number of benzene rings is 2. The molecule has 4 aromatic rings. The lowest BCUT2D eigenvalue weighted by Gasteiger charge is -2.39. The predicted molar refractivity (Wildman–Crippen MR) is 130 cm³/mol. The molecule has 0 saturated carbocycles. The van der Waals surface area contributed by atoms with Gasteiger partial charge in [-0.05, 0) is 51.0 Å². The zero-order chi connectivity index (χ0) is 27.4. The molecular weight excluding hydrogens is 517 g/mol. The number of aromatic nitrogens is 8. The first-order valence-electron chi connectivity index (χ1n) is 12.1. The summed E-state index contributed by atoms with van der Waals surface area (Å²) in [6, 6.07) is 14.5. The maximum absolute atomic E-state index is 13.4. The number of tetrazole rings is 2. The largest absolute Gasteiger partial charge is 0.496 e. The number of methoxy groups -OCH3 is 1. The number of hydrogen-bond donors (Lipinski definition) is 1. The summed E-state index contributed by atoms with van der Waals surface area (Å²) >= 11 is 0. The number of alkyl halides is 3. The van der Waals surface area contributed by atoms with Gasteiger partial charge in [-0.2, -0.15) is 17.9 Å². The molecule has 1 aliphatic rings. The van der Waals surface area contributed by atoms with E-state index in [2.05, 4.69) is 36.4 Å². The number of piperidine rings is 1. The molecule has 12 nitrogen and oxygen atoms in total. The first kappa shape index (κ1) is 26.2. The van der Waals surface area contributed by atoms with Crippen LogP contribution in [-0.4, -0.2) is 77.5 Å². The van der Waals surface area contributed by atoms with Crippen molar-refractivity contribution < 1.29 is 22.7 Å². The monoisotopic (exact) mass is 542 g/mol. The van der Waals surface area contributed by atoms with E-state index in [1.54, 1.807) is 17.0 Å². The highest BCUT2D eigenvalue weighted by molar-refractivity contribution is 5.76. The minimum absolute atomic E-state index is 0.0170. The molecule has 204 valence electrons. The zero-order valence-electron chi connectivity index (χ0n) is 20.9. The summed E-state index contributed by atoms with van der Waals surface area (Å²) in [5, 5.41) is 24.3. The van der Waals surface area contributed by atoms with E-state index in [1.165, 1.54) is 24.2 Å². The van der Waals surface area contributed by atoms with E-state index in [-0.39, 0.29) is 30.1 Å². The minimum Gasteiger partial charge on any atom is -0.496 e. The maximum atomic E-state index is 13.4. The van der Waals surface area contributed by atoms with Gasteiger partial charge in [-0.25, -0.2) is 4.68 Å². The molecule has 5 rings (SSSR count). The van der Waals surface area contributed by atoms with Crippen molar-refractivity contribution >= 4 is 5.91 Å². The molecular formula is C24H25F3N10O2. The SMILES string of the molecule is COc1ccc(-n2nnnc2C(F)(F)F)cc1CN[C@@H]1CCN(C(=O)Cn2cnnn2)C[C@@H]1c1ccccc1. The molecule has 2 atom stereocenters. The lowest BCUT2D eigenvalue weighted by molar-refractivity contribution is -0.146. The van der Waals surface area contributed by atoms with Crippen LogP contribution in [0.3, 0.4) is 0 Å². The Bertz CT molecular complexity index is 1390. The highest BCUT2D eigenvalue weighted by Crippen LogP contribution is 2.31. The van der Waals surface area contributed by atoms with Crippen LogP contribution in [0.5, 0.6) is 5.75 Å². The summed E-state index contributed by atoms with van der Waals surface area (Å²) in [5.41, 5.74) is 1.87. The Morgan fingerprint density at radius 2 is 1.95 bits per heavy atom. The van der Waals surface area contributed by atoms with Gasteiger partial charge in [0.2, 0.25) is 5.91 Å². The number of nitrogens with zero attached hydrogens (tertiary/aromatic N) is 9. The number of hydrogen-bond acceptors (Lipinski definition) is 9. The van der Waals surface area contributed by atoms with Gasteiger partial charge in [0.25, 0.3) is 5.82 Å². The molecule has 39 heavy (non-hydrogen) atoms. The van der Waals surface area contributed by atoms with Gasteiger partial charge in [0.05, 0.1) is 12.8 Å². The van der Waals surface area contributed by atoms with Crippen molar-refractivity contribution in [1.29, 1.82) is 0 Å². The van der Waals surface area contributed by atoms with E-state index < -0.39 is 12.0 Å². The summed E-state index contributed by atoms with van der Waals surface area (Å²) in [6.45, 7) is 1.37. The highest BCUT2D eigenvalue weighted by atomic mass is 19.4. The van der Waals surface area contributed by atoms with Gasteiger partial charge in [-0.3, -0.25) is 4.79 Å². The number of likely N-dealkylation sites (tertiary alicyclic amines) is 1. The van der Waals surface area contributed by atoms with Crippen LogP contribution in [0, 0.1) is 0 Å². The summed E-state index contributed by atoms with van der Waals surface area (Å²) in [5.74, 6) is -0.811. The van der Waals surface area contributed by atoms with E-state index >= 15 is 0 Å². The van der Waals surface area contributed by atoms with Crippen molar-refractivity contribution in [3.63, 3.8) is 0 Å². The molecule has 1 saturated heterocycles. The van der Waals surface area contributed by atoms with Crippen molar-refractivity contribution in [1.82, 2.24) is 50.6 Å². The van der Waals surface area contributed by atoms with E-state index in [0.717, 1.165) is 5.56 Å². The topological polar surface area (TPSA) is 129 Å². The molecule has 1 amide bonds. The molecule has 15 heteroatoms. The van der Waals surface area contributed by atoms with Gasteiger partial charge >= 0.3 is 6.18 Å². The third-order valence-corrected chi connectivity index (χ3v) is 6.67. The van der Waals surface area contributed by atoms with Crippen LogP contribution in [0.2, 0.25) is 0 Å². The van der Waals surface area contributed by atoms with Crippen LogP contribution < -0.4 is 10.1 Å². The standard InChI is InChI=1S/C24H25F3N10O2/c1-39-21-8-7-18(37-23(24(25,26)27)30-32-34-37)11-17(21)12-28-20-9-10-35(22(38)14-36-15-29-31-33-36)13-19(20)16-5-3-2-4-6-16/h2-8,11,15,19-20,28H,9-10,12-14H2,1H3/t19-,20-/m1/s1. The van der Waals surface area contributed by atoms with Crippen LogP contribution in [0.25, 0.3) is 5.69 Å². The number of nitrogens with one attached hydrogen (secondary N) is 1. The molecule has 0 radical (unpaired) electrons. The van der Waals surface area contributed by atoms with Crippen molar-refractivity contribution in [2.24, 2.45) is 0 Å². The van der Waals surface area contributed by atoms with E-state index in [9.17, 15) is 18.0 Å². The van der Waals surface area contributed by atoms with Gasteiger partial charge in [0.15, 0.2) is 0 Å². The van der Waals surface area contributed by atoms with Crippen LogP contribution in [0.15, 0.2) is 54.9 Å². The van der Waals surface area contributed by atoms with Crippen LogP contribution in [0.4, 0.5) is 13.2 Å². The van der Waals surface area contributed by atoms with Crippen molar-refractivity contribution in [3.05, 3.63) is 71.8 Å². The number of ether oxygens (including phenoxy) is 1. The molecule has 1 aliphatic heterocycles. The number of halogens is 3. The second-order valence-corrected chi connectivity index (χ2v) is 9.05. The Kier molecular flexibility index (Phi) is 7.49. The van der Waals surface area contributed by atoms with Crippen molar-refractivity contribution in [3.8, 4) is 11.4 Å². The lowest BCUT2D eigenvalue weighted by atomic mass is 9.85. The Morgan fingerprint density at radius 3 is 2.67 bits per heavy atom. The number of carbonyl (C=O) groups excluding carboxylic acids is 1. The van der Waals surface area contributed by atoms with Gasteiger partial charge in [0.1, 0.15) is 18.6 Å². The van der Waals surface area contributed by atoms with E-state index in [1.807, 2.05) is 30.3 Å². The maximum Gasteiger partial charge on any atom is 0.453 e. The fourth-order valence-corrected chi connectivity index (χ4v) is 4.77. The fourth-order valence-electron chi connectivity index (χ4n) is 4.77. The number of amides is 1. The average molecular weight is 543 g/mol. The normalized spacial score (nSPS) is 17.8. The Balaban J connectivity index is 1.35. The molecule has 1 N–H and O–H groups in total. The van der Waals surface area contributed by atoms with E-state index in [0.29, 0.717) is 42.0 Å². The average Bonchev–Trinajstić information content (AvgIpc) is 3.65. The molecule has 0 unspecified atom stereocenters. The van der Waals surface area contributed by atoms with Crippen molar-refractivity contribution in [2.45, 2.75) is 37.6 Å². The Labute approximate surface area is 220 Å². The van der Waals surface area contributed by atoms with Crippen molar-refractivity contribution in [2.75, 3.05) is 20.2 Å². The second-order valence-electron chi connectivity index (χ2n) is 9.05. The quantitative estimate of drug-likeness (QED) is 0.355. The number of rotatable bonds is 8. The lowest BCUT2D eigenvalue weighted by Crippen LogP contribution is -2.50. The second kappa shape index (κ2) is 11.1. The summed E-state index contributed by atoms with van der Waals surface area (Å²) in [6.07, 6.45) is -2.65. The smallest absolute Gasteiger partial charge is 0.453 e. The number of carbonyl (C=O) groups is 1. The molecule has 2 aromatic heterocycles. The first-order chi connectivity index (χ1) is 18.8. The Morgan fingerprint density at radius 1 is 1.13 bits per heavy atom. The third-order valence-electron chi connectivity index (χ3n) is 6.67. The highest BCUT2D eigenvalue weighted by Gasteiger charge is 2.38. The predicted octanol–water partition coefficient (Wildman–Crippen LogP) is 1.85. The summed E-state index contributed by atoms with van der Waals surface area (Å²) in [7, 11) is 1.50. The fraction of sp³-hybridized carbons (Fsp3) is 0.375. The van der Waals surface area contributed by atoms with Gasteiger partial charge in [0, 0.05) is 37.2 Å². The molecule has 0 bridgehead atoms. The molecule has 0 spiro atoms.